The van der Waals surface area contributed by atoms with Gasteiger partial charge in [0.25, 0.3) is 6.26 Å². The minimum atomic E-state index is 0.750. The fourth-order valence-electron chi connectivity index (χ4n) is 0.474. The molecule has 0 amide bonds. The molecule has 0 atom stereocenters. The Bertz CT molecular complexity index is 218. The van der Waals surface area contributed by atoms with Crippen molar-refractivity contribution in [2.24, 2.45) is 0 Å². The number of methoxy groups -OCH3 is 1. The van der Waals surface area contributed by atoms with Crippen LogP contribution < -0.4 is 4.74 Å². The van der Waals surface area contributed by atoms with Gasteiger partial charge in [0, 0.05) is 12.4 Å². The normalized spacial score (nSPS) is 6.91. The molecule has 0 saturated carbocycles. The number of aromatic nitrogens is 1. The Morgan fingerprint density at radius 2 is 2.00 bits per heavy atom. The Hall–Kier alpha value is -1.76. The van der Waals surface area contributed by atoms with E-state index in [1.165, 1.54) is 0 Å². The number of pyridine rings is 1. The lowest BCUT2D eigenvalue weighted by atomic mass is 10.5. The van der Waals surface area contributed by atoms with Crippen molar-refractivity contribution in [1.82, 2.24) is 4.98 Å². The van der Waals surface area contributed by atoms with Crippen molar-refractivity contribution < 1.29 is 9.84 Å². The van der Waals surface area contributed by atoms with Gasteiger partial charge < -0.3 is 9.84 Å². The van der Waals surface area contributed by atoms with Gasteiger partial charge in [0.2, 0.25) is 0 Å². The quantitative estimate of drug-likeness (QED) is 0.608. The second-order valence-corrected chi connectivity index (χ2v) is 1.49. The predicted molar refractivity (Wildman–Crippen MR) is 38.3 cm³/mol. The molecule has 4 nitrogen and oxygen atoms in total. The van der Waals surface area contributed by atoms with Crippen LogP contribution in [0.3, 0.4) is 0 Å². The molecule has 0 radical (unpaired) electrons. The lowest BCUT2D eigenvalue weighted by Gasteiger charge is -1.93. The van der Waals surface area contributed by atoms with Crippen molar-refractivity contribution in [3.05, 3.63) is 24.5 Å². The Labute approximate surface area is 64.7 Å². The van der Waals surface area contributed by atoms with Crippen LogP contribution in [0.2, 0.25) is 0 Å². The zero-order chi connectivity index (χ0) is 8.53. The summed E-state index contributed by atoms with van der Waals surface area (Å²) in [5.74, 6) is 0.847. The first-order valence-corrected chi connectivity index (χ1v) is 2.82. The van der Waals surface area contributed by atoms with Crippen LogP contribution in [0.4, 0.5) is 0 Å². The third-order valence-corrected chi connectivity index (χ3v) is 0.885. The SMILES string of the molecule is COc1ccncc1.N#CO. The molecule has 0 unspecified atom stereocenters. The maximum absolute atomic E-state index is 6.88. The predicted octanol–water partition coefficient (Wildman–Crippen LogP) is 0.930. The molecule has 0 saturated heterocycles. The smallest absolute Gasteiger partial charge is 0.283 e. The second kappa shape index (κ2) is 6.36. The molecule has 1 aromatic rings. The lowest BCUT2D eigenvalue weighted by molar-refractivity contribution is 0.414. The van der Waals surface area contributed by atoms with Crippen molar-refractivity contribution in [3.63, 3.8) is 0 Å². The zero-order valence-corrected chi connectivity index (χ0v) is 6.06. The van der Waals surface area contributed by atoms with Crippen molar-refractivity contribution >= 4 is 0 Å². The monoisotopic (exact) mass is 152 g/mol. The van der Waals surface area contributed by atoms with Gasteiger partial charge in [-0.3, -0.25) is 4.98 Å². The molecular weight excluding hydrogens is 144 g/mol. The highest BCUT2D eigenvalue weighted by molar-refractivity contribution is 5.16. The van der Waals surface area contributed by atoms with E-state index in [9.17, 15) is 0 Å². The van der Waals surface area contributed by atoms with Crippen molar-refractivity contribution in [2.45, 2.75) is 0 Å². The summed E-state index contributed by atoms with van der Waals surface area (Å²) in [6, 6.07) is 3.61. The summed E-state index contributed by atoms with van der Waals surface area (Å²) in [5, 5.41) is 13.8. The fourth-order valence-corrected chi connectivity index (χ4v) is 0.474. The highest BCUT2D eigenvalue weighted by Gasteiger charge is 1.81. The summed E-state index contributed by atoms with van der Waals surface area (Å²) in [6.45, 7) is 0. The molecule has 0 bridgehead atoms. The summed E-state index contributed by atoms with van der Waals surface area (Å²) in [5.41, 5.74) is 0. The van der Waals surface area contributed by atoms with Gasteiger partial charge in [-0.25, -0.2) is 0 Å². The maximum Gasteiger partial charge on any atom is 0.283 e. The van der Waals surface area contributed by atoms with Gasteiger partial charge in [-0.2, -0.15) is 5.26 Å². The summed E-state index contributed by atoms with van der Waals surface area (Å²) in [4.78, 5) is 3.81. The Balaban J connectivity index is 0.000000292. The number of hydrogen-bond acceptors (Lipinski definition) is 4. The molecule has 0 fully saturated rings. The molecule has 0 aliphatic heterocycles. The van der Waals surface area contributed by atoms with Crippen molar-refractivity contribution in [2.75, 3.05) is 7.11 Å². The standard InChI is InChI=1S/C6H7NO.CHNO/c1-8-6-2-4-7-5-3-6;2-1-3/h2-5H,1H3;3H. The molecule has 11 heavy (non-hydrogen) atoms. The zero-order valence-electron chi connectivity index (χ0n) is 6.06. The molecule has 1 N–H and O–H groups in total. The number of aliphatic hydroxyl groups excluding tert-OH is 1. The van der Waals surface area contributed by atoms with E-state index in [-0.39, 0.29) is 0 Å². The van der Waals surface area contributed by atoms with Crippen LogP contribution in [0.15, 0.2) is 24.5 Å². The van der Waals surface area contributed by atoms with Gasteiger partial charge >= 0.3 is 0 Å². The highest BCUT2D eigenvalue weighted by atomic mass is 16.5. The fraction of sp³-hybridized carbons (Fsp3) is 0.143. The van der Waals surface area contributed by atoms with Gasteiger partial charge in [-0.05, 0) is 12.1 Å². The topological polar surface area (TPSA) is 66.1 Å². The summed E-state index contributed by atoms with van der Waals surface area (Å²) >= 11 is 0. The molecule has 1 heterocycles. The third-order valence-electron chi connectivity index (χ3n) is 0.885. The van der Waals surface area contributed by atoms with Gasteiger partial charge in [0.15, 0.2) is 0 Å². The molecule has 1 aromatic heterocycles. The molecule has 0 aliphatic rings. The first kappa shape index (κ1) is 9.24. The number of ether oxygens (including phenoxy) is 1. The van der Waals surface area contributed by atoms with Crippen LogP contribution in [-0.2, 0) is 0 Å². The minimum Gasteiger partial charge on any atom is -0.497 e. The molecule has 0 aliphatic carbocycles. The van der Waals surface area contributed by atoms with E-state index in [0.29, 0.717) is 0 Å². The average Bonchev–Trinajstić information content (AvgIpc) is 2.08. The van der Waals surface area contributed by atoms with Gasteiger partial charge in [-0.1, -0.05) is 0 Å². The van der Waals surface area contributed by atoms with Crippen LogP contribution in [0.1, 0.15) is 0 Å². The van der Waals surface area contributed by atoms with E-state index in [1.807, 2.05) is 0 Å². The van der Waals surface area contributed by atoms with Gasteiger partial charge in [0.05, 0.1) is 7.11 Å². The number of rotatable bonds is 1. The van der Waals surface area contributed by atoms with E-state index in [4.69, 9.17) is 15.1 Å². The first-order chi connectivity index (χ1) is 5.35. The highest BCUT2D eigenvalue weighted by Crippen LogP contribution is 2.03. The van der Waals surface area contributed by atoms with Crippen LogP contribution in [-0.4, -0.2) is 17.2 Å². The van der Waals surface area contributed by atoms with E-state index in [2.05, 4.69) is 4.98 Å². The number of nitrogens with zero attached hydrogens (tertiary/aromatic N) is 2. The molecule has 58 valence electrons. The van der Waals surface area contributed by atoms with Crippen LogP contribution in [0.5, 0.6) is 5.75 Å². The van der Waals surface area contributed by atoms with Crippen molar-refractivity contribution in [1.29, 1.82) is 5.26 Å². The first-order valence-electron chi connectivity index (χ1n) is 2.82. The third kappa shape index (κ3) is 4.73. The Morgan fingerprint density at radius 3 is 2.27 bits per heavy atom. The van der Waals surface area contributed by atoms with Crippen LogP contribution >= 0.6 is 0 Å². The lowest BCUT2D eigenvalue weighted by Crippen LogP contribution is -1.80. The average molecular weight is 152 g/mol. The minimum absolute atomic E-state index is 0.750. The van der Waals surface area contributed by atoms with E-state index in [0.717, 1.165) is 12.0 Å². The summed E-state index contributed by atoms with van der Waals surface area (Å²) < 4.78 is 4.87. The Morgan fingerprint density at radius 1 is 1.55 bits per heavy atom. The largest absolute Gasteiger partial charge is 0.497 e. The molecule has 1 rings (SSSR count). The summed E-state index contributed by atoms with van der Waals surface area (Å²) in [6.07, 6.45) is 4.14. The van der Waals surface area contributed by atoms with Crippen LogP contribution in [0, 0.1) is 11.5 Å². The van der Waals surface area contributed by atoms with Crippen molar-refractivity contribution in [3.8, 4) is 12.0 Å². The summed E-state index contributed by atoms with van der Waals surface area (Å²) in [7, 11) is 1.63. The second-order valence-electron chi connectivity index (χ2n) is 1.49. The number of aliphatic hydroxyl groups is 1. The molecule has 4 heteroatoms. The number of hydrogen-bond donors (Lipinski definition) is 1. The van der Waals surface area contributed by atoms with Crippen LogP contribution in [0.25, 0.3) is 0 Å². The van der Waals surface area contributed by atoms with E-state index < -0.39 is 0 Å². The van der Waals surface area contributed by atoms with E-state index in [1.54, 1.807) is 31.6 Å². The van der Waals surface area contributed by atoms with Gasteiger partial charge in [-0.15, -0.1) is 0 Å². The molecule has 0 spiro atoms. The van der Waals surface area contributed by atoms with Gasteiger partial charge in [0.1, 0.15) is 5.75 Å². The van der Waals surface area contributed by atoms with E-state index >= 15 is 0 Å². The maximum atomic E-state index is 6.88. The molecule has 0 aromatic carbocycles. The molecular formula is C7H8N2O2. The Kier molecular flexibility index (Phi) is 5.34. The number of nitriles is 1.